The predicted molar refractivity (Wildman–Crippen MR) is 97.0 cm³/mol. The van der Waals surface area contributed by atoms with E-state index >= 15 is 0 Å². The van der Waals surface area contributed by atoms with Crippen molar-refractivity contribution in [1.29, 1.82) is 0 Å². The zero-order valence-electron chi connectivity index (χ0n) is 16.5. The van der Waals surface area contributed by atoms with Crippen LogP contribution in [0.4, 0.5) is 15.0 Å². The third-order valence-electron chi connectivity index (χ3n) is 4.98. The van der Waals surface area contributed by atoms with Gasteiger partial charge in [-0.25, -0.2) is 9.78 Å². The van der Waals surface area contributed by atoms with Crippen molar-refractivity contribution in [2.24, 2.45) is 0 Å². The molecule has 1 fully saturated rings. The Kier molecular flexibility index (Phi) is 5.28. The van der Waals surface area contributed by atoms with Gasteiger partial charge in [-0.05, 0) is 13.8 Å². The van der Waals surface area contributed by atoms with Crippen molar-refractivity contribution in [3.63, 3.8) is 0 Å². The van der Waals surface area contributed by atoms with Crippen molar-refractivity contribution in [3.05, 3.63) is 23.9 Å². The van der Waals surface area contributed by atoms with Gasteiger partial charge in [0.15, 0.2) is 29.3 Å². The Hall–Kier alpha value is -3.23. The van der Waals surface area contributed by atoms with Crippen molar-refractivity contribution in [2.75, 3.05) is 18.9 Å². The summed E-state index contributed by atoms with van der Waals surface area (Å²) in [6, 6.07) is 0. The number of imidazole rings is 1. The summed E-state index contributed by atoms with van der Waals surface area (Å²) in [5.41, 5.74) is 4.68. The first kappa shape index (κ1) is 21.0. The highest BCUT2D eigenvalue weighted by Gasteiger charge is 2.47. The van der Waals surface area contributed by atoms with Crippen LogP contribution in [-0.4, -0.2) is 67.3 Å². The van der Waals surface area contributed by atoms with Gasteiger partial charge in [0.1, 0.15) is 24.2 Å². The Morgan fingerprint density at radius 1 is 1.39 bits per heavy atom. The fraction of sp³-hybridized carbons (Fsp3) is 0.529. The van der Waals surface area contributed by atoms with Crippen LogP contribution in [0, 0.1) is 6.08 Å². The van der Waals surface area contributed by atoms with E-state index in [0.29, 0.717) is 0 Å². The number of hydrogen-bond donors (Lipinski definition) is 3. The average molecular weight is 441 g/mol. The summed E-state index contributed by atoms with van der Waals surface area (Å²) >= 11 is 0. The number of rotatable bonds is 5. The summed E-state index contributed by atoms with van der Waals surface area (Å²) in [4.78, 5) is 23.1. The van der Waals surface area contributed by atoms with Crippen LogP contribution >= 0.6 is 0 Å². The van der Waals surface area contributed by atoms with Crippen LogP contribution in [0.25, 0.3) is 11.2 Å². The van der Waals surface area contributed by atoms with Crippen LogP contribution in [0.3, 0.4) is 0 Å². The van der Waals surface area contributed by atoms with Crippen LogP contribution in [0.2, 0.25) is 0 Å². The first-order chi connectivity index (χ1) is 14.7. The number of anilines is 1. The minimum atomic E-state index is -1.44. The molecule has 0 saturated carbocycles. The lowest BCUT2D eigenvalue weighted by Gasteiger charge is -2.26. The molecule has 0 amide bonds. The van der Waals surface area contributed by atoms with E-state index in [1.807, 2.05) is 0 Å². The summed E-state index contributed by atoms with van der Waals surface area (Å²) in [5, 5.41) is 19.7. The van der Waals surface area contributed by atoms with E-state index in [-0.39, 0.29) is 48.1 Å². The Morgan fingerprint density at radius 2 is 2.16 bits per heavy atom. The number of fused-ring (bicyclic) bond motifs is 1. The van der Waals surface area contributed by atoms with Crippen LogP contribution in [0.15, 0.2) is 17.8 Å². The highest BCUT2D eigenvalue weighted by Crippen LogP contribution is 2.38. The lowest BCUT2D eigenvalue weighted by molar-refractivity contribution is -0.194. The lowest BCUT2D eigenvalue weighted by Crippen LogP contribution is -2.41. The second kappa shape index (κ2) is 7.79. The molecular formula is C17H20FN5O8. The zero-order chi connectivity index (χ0) is 22.3. The van der Waals surface area contributed by atoms with Crippen molar-refractivity contribution in [3.8, 4) is 0 Å². The molecule has 13 nitrogen and oxygen atoms in total. The van der Waals surface area contributed by atoms with Crippen molar-refractivity contribution in [1.82, 2.24) is 19.5 Å². The minimum absolute atomic E-state index is 0.0983. The average Bonchev–Trinajstić information content (AvgIpc) is 3.34. The summed E-state index contributed by atoms with van der Waals surface area (Å²) in [7, 11) is 0. The molecule has 2 aromatic heterocycles. The number of halogens is 1. The van der Waals surface area contributed by atoms with E-state index in [1.54, 1.807) is 6.92 Å². The largest absolute Gasteiger partial charge is 0.508 e. The monoisotopic (exact) mass is 441 g/mol. The second-order valence-electron chi connectivity index (χ2n) is 7.19. The van der Waals surface area contributed by atoms with E-state index < -0.39 is 36.6 Å². The van der Waals surface area contributed by atoms with Crippen LogP contribution in [-0.2, 0) is 23.7 Å². The van der Waals surface area contributed by atoms with Gasteiger partial charge in [0.2, 0.25) is 0 Å². The van der Waals surface area contributed by atoms with Gasteiger partial charge < -0.3 is 39.6 Å². The highest BCUT2D eigenvalue weighted by atomic mass is 19.1. The lowest BCUT2D eigenvalue weighted by atomic mass is 10.0. The maximum absolute atomic E-state index is 13.6. The molecule has 2 aliphatic heterocycles. The normalized spacial score (nSPS) is 28.0. The van der Waals surface area contributed by atoms with E-state index in [2.05, 4.69) is 15.0 Å². The number of ether oxygens (including phenoxy) is 5. The van der Waals surface area contributed by atoms with Crippen molar-refractivity contribution in [2.45, 2.75) is 44.7 Å². The zero-order valence-corrected chi connectivity index (χ0v) is 16.5. The number of aliphatic hydroxyl groups excluding tert-OH is 2. The summed E-state index contributed by atoms with van der Waals surface area (Å²) < 4.78 is 40.6. The molecule has 2 aromatic rings. The maximum atomic E-state index is 13.6. The standard InChI is InChI=1S/C17H20FN5O8/c1-7-8(30-16(26)29-7)4-27-15(25)28-5-17(2)9(24)3-10(31-17)23-6-20-11-12(19)21-14(18)22-13(11)23/h6,9-10,16,24,26H,3-5H2,1-2H3,(H2,19,21,22)/t9-,10+,16?,17+/m0/s1. The topological polar surface area (TPSA) is 173 Å². The van der Waals surface area contributed by atoms with Gasteiger partial charge in [-0.2, -0.15) is 14.4 Å². The molecule has 0 radical (unpaired) electrons. The molecule has 4 heterocycles. The SMILES string of the molecule is CC1=C(COC(=O)OC[C@@]2(C)O[C@@H](n3cnc4c(N)nc(F)nc43)C[C@@H]2O)OC(O)O1. The fourth-order valence-electron chi connectivity index (χ4n) is 3.25. The number of nitrogen functional groups attached to an aromatic ring is 1. The molecule has 31 heavy (non-hydrogen) atoms. The van der Waals surface area contributed by atoms with Crippen molar-refractivity contribution < 1.29 is 43.1 Å². The molecule has 2 aliphatic rings. The van der Waals surface area contributed by atoms with Gasteiger partial charge in [0.25, 0.3) is 0 Å². The van der Waals surface area contributed by atoms with E-state index in [1.165, 1.54) is 17.8 Å². The molecule has 168 valence electrons. The Balaban J connectivity index is 1.38. The quantitative estimate of drug-likeness (QED) is 0.428. The van der Waals surface area contributed by atoms with Gasteiger partial charge in [-0.1, -0.05) is 0 Å². The minimum Gasteiger partial charge on any atom is -0.433 e. The number of aromatic nitrogens is 4. The number of carbonyl (C=O) groups is 1. The molecule has 1 unspecified atom stereocenters. The van der Waals surface area contributed by atoms with Gasteiger partial charge >= 0.3 is 18.7 Å². The van der Waals surface area contributed by atoms with Gasteiger partial charge in [-0.3, -0.25) is 4.57 Å². The smallest absolute Gasteiger partial charge is 0.433 e. The Morgan fingerprint density at radius 3 is 2.87 bits per heavy atom. The number of nitrogens with two attached hydrogens (primary N) is 1. The van der Waals surface area contributed by atoms with Crippen molar-refractivity contribution >= 4 is 23.1 Å². The fourth-order valence-corrected chi connectivity index (χ4v) is 3.25. The van der Waals surface area contributed by atoms with E-state index in [9.17, 15) is 19.4 Å². The molecule has 14 heteroatoms. The molecule has 1 saturated heterocycles. The number of hydrogen-bond acceptors (Lipinski definition) is 12. The van der Waals surface area contributed by atoms with E-state index in [4.69, 9.17) is 29.4 Å². The first-order valence-corrected chi connectivity index (χ1v) is 9.18. The molecule has 0 spiro atoms. The second-order valence-corrected chi connectivity index (χ2v) is 7.19. The summed E-state index contributed by atoms with van der Waals surface area (Å²) in [6.07, 6.45) is -2.41. The third kappa shape index (κ3) is 4.04. The van der Waals surface area contributed by atoms with Crippen LogP contribution in [0.1, 0.15) is 26.5 Å². The predicted octanol–water partition coefficient (Wildman–Crippen LogP) is 0.294. The molecule has 0 aromatic carbocycles. The number of nitrogens with zero attached hydrogens (tertiary/aromatic N) is 4. The maximum Gasteiger partial charge on any atom is 0.508 e. The van der Waals surface area contributed by atoms with Gasteiger partial charge in [0, 0.05) is 6.42 Å². The molecule has 4 N–H and O–H groups in total. The first-order valence-electron chi connectivity index (χ1n) is 9.18. The Labute approximate surface area is 174 Å². The Bertz CT molecular complexity index is 1040. The number of carbonyl (C=O) groups excluding carboxylic acids is 1. The van der Waals surface area contributed by atoms with Crippen LogP contribution in [0.5, 0.6) is 0 Å². The summed E-state index contributed by atoms with van der Waals surface area (Å²) in [5.74, 6) is 0.301. The van der Waals surface area contributed by atoms with Crippen LogP contribution < -0.4 is 5.73 Å². The molecule has 0 bridgehead atoms. The van der Waals surface area contributed by atoms with E-state index in [0.717, 1.165) is 0 Å². The number of allylic oxidation sites excluding steroid dienone is 1. The molecule has 0 aliphatic carbocycles. The number of aliphatic hydroxyl groups is 2. The van der Waals surface area contributed by atoms with Gasteiger partial charge in [-0.15, -0.1) is 0 Å². The van der Waals surface area contributed by atoms with Gasteiger partial charge in [0.05, 0.1) is 12.4 Å². The molecule has 4 atom stereocenters. The highest BCUT2D eigenvalue weighted by molar-refractivity contribution is 5.81. The molecular weight excluding hydrogens is 421 g/mol. The third-order valence-corrected chi connectivity index (χ3v) is 4.98. The summed E-state index contributed by atoms with van der Waals surface area (Å²) in [6.45, 7) is 0.998. The molecule has 4 rings (SSSR count).